The van der Waals surface area contributed by atoms with E-state index >= 15 is 0 Å². The summed E-state index contributed by atoms with van der Waals surface area (Å²) in [6.45, 7) is -0.0834. The van der Waals surface area contributed by atoms with Gasteiger partial charge in [0.1, 0.15) is 5.75 Å². The van der Waals surface area contributed by atoms with Crippen molar-refractivity contribution in [2.45, 2.75) is 6.04 Å². The Morgan fingerprint density at radius 2 is 2.40 bits per heavy atom. The number of aromatic hydroxyl groups is 1. The molecule has 0 saturated heterocycles. The minimum absolute atomic E-state index is 0.0834. The summed E-state index contributed by atoms with van der Waals surface area (Å²) in [7, 11) is 0. The van der Waals surface area contributed by atoms with Crippen LogP contribution in [0.25, 0.3) is 0 Å². The van der Waals surface area contributed by atoms with Crippen molar-refractivity contribution < 1.29 is 10.2 Å². The average molecular weight is 159 g/mol. The summed E-state index contributed by atoms with van der Waals surface area (Å²) in [5, 5.41) is 19.1. The van der Waals surface area contributed by atoms with Gasteiger partial charge in [-0.1, -0.05) is 0 Å². The number of hydrogen-bond acceptors (Lipinski definition) is 4. The van der Waals surface area contributed by atoms with Gasteiger partial charge in [0.25, 0.3) is 0 Å². The van der Waals surface area contributed by atoms with Gasteiger partial charge in [-0.15, -0.1) is 11.3 Å². The van der Waals surface area contributed by atoms with Crippen LogP contribution in [0.2, 0.25) is 0 Å². The fourth-order valence-electron chi connectivity index (χ4n) is 0.627. The van der Waals surface area contributed by atoms with Gasteiger partial charge in [-0.25, -0.2) is 0 Å². The summed E-state index contributed by atoms with van der Waals surface area (Å²) < 4.78 is 0. The van der Waals surface area contributed by atoms with E-state index in [0.717, 1.165) is 4.88 Å². The number of hydrogen-bond donors (Lipinski definition) is 3. The zero-order chi connectivity index (χ0) is 7.56. The summed E-state index contributed by atoms with van der Waals surface area (Å²) in [6, 6.07) is 1.21. The van der Waals surface area contributed by atoms with Crippen LogP contribution < -0.4 is 5.73 Å². The van der Waals surface area contributed by atoms with Crippen LogP contribution in [0.4, 0.5) is 0 Å². The van der Waals surface area contributed by atoms with Crippen molar-refractivity contribution in [3.63, 3.8) is 0 Å². The van der Waals surface area contributed by atoms with Crippen LogP contribution >= 0.6 is 11.3 Å². The largest absolute Gasteiger partial charge is 0.507 e. The average Bonchev–Trinajstić information content (AvgIpc) is 2.34. The second kappa shape index (κ2) is 3.01. The van der Waals surface area contributed by atoms with Gasteiger partial charge in [-0.05, 0) is 6.07 Å². The van der Waals surface area contributed by atoms with Crippen LogP contribution in [-0.4, -0.2) is 16.8 Å². The molecule has 0 aliphatic rings. The molecule has 4 heteroatoms. The number of nitrogens with two attached hydrogens (primary N) is 1. The third-order valence-corrected chi connectivity index (χ3v) is 2.22. The lowest BCUT2D eigenvalue weighted by Gasteiger charge is -2.01. The van der Waals surface area contributed by atoms with E-state index in [1.165, 1.54) is 11.3 Å². The molecule has 1 rings (SSSR count). The molecule has 1 aromatic rings. The van der Waals surface area contributed by atoms with Gasteiger partial charge in [0.05, 0.1) is 12.6 Å². The summed E-state index contributed by atoms with van der Waals surface area (Å²) in [5.41, 5.74) is 5.46. The molecule has 1 aromatic heterocycles. The van der Waals surface area contributed by atoms with Crippen LogP contribution in [0.3, 0.4) is 0 Å². The van der Waals surface area contributed by atoms with Gasteiger partial charge in [0, 0.05) is 10.3 Å². The van der Waals surface area contributed by atoms with E-state index in [1.807, 2.05) is 0 Å². The zero-order valence-corrected chi connectivity index (χ0v) is 6.14. The second-order valence-corrected chi connectivity index (χ2v) is 2.94. The molecule has 4 N–H and O–H groups in total. The lowest BCUT2D eigenvalue weighted by atomic mass is 10.3. The van der Waals surface area contributed by atoms with E-state index in [0.29, 0.717) is 0 Å². The van der Waals surface area contributed by atoms with Crippen LogP contribution in [0.5, 0.6) is 5.75 Å². The van der Waals surface area contributed by atoms with Crippen molar-refractivity contribution >= 4 is 11.3 Å². The Hall–Kier alpha value is -0.580. The third kappa shape index (κ3) is 1.47. The van der Waals surface area contributed by atoms with Crippen molar-refractivity contribution in [1.82, 2.24) is 0 Å². The molecule has 0 spiro atoms. The fourth-order valence-corrected chi connectivity index (χ4v) is 1.39. The van der Waals surface area contributed by atoms with E-state index in [2.05, 4.69) is 0 Å². The Balaban J connectivity index is 2.74. The monoisotopic (exact) mass is 159 g/mol. The molecule has 3 nitrogen and oxygen atoms in total. The fraction of sp³-hybridized carbons (Fsp3) is 0.333. The van der Waals surface area contributed by atoms with Gasteiger partial charge in [-0.2, -0.15) is 0 Å². The first kappa shape index (κ1) is 7.53. The Kier molecular flexibility index (Phi) is 2.26. The standard InChI is InChI=1S/C6H9NO2S/c7-5(2-8)6-1-4(9)3-10-6/h1,3,5,8-9H,2,7H2/t5-/m1/s1. The molecule has 1 atom stereocenters. The molecule has 0 bridgehead atoms. The van der Waals surface area contributed by atoms with Crippen LogP contribution in [0.15, 0.2) is 11.4 Å². The van der Waals surface area contributed by atoms with Crippen LogP contribution in [0, 0.1) is 0 Å². The molecule has 0 aliphatic heterocycles. The van der Waals surface area contributed by atoms with Crippen LogP contribution in [0.1, 0.15) is 10.9 Å². The Morgan fingerprint density at radius 3 is 2.80 bits per heavy atom. The molecule has 0 aliphatic carbocycles. The maximum absolute atomic E-state index is 8.87. The van der Waals surface area contributed by atoms with Crippen molar-refractivity contribution in [1.29, 1.82) is 0 Å². The quantitative estimate of drug-likeness (QED) is 0.586. The second-order valence-electron chi connectivity index (χ2n) is 2.00. The molecule has 56 valence electrons. The lowest BCUT2D eigenvalue weighted by Crippen LogP contribution is -2.12. The highest BCUT2D eigenvalue weighted by atomic mass is 32.1. The maximum atomic E-state index is 8.87. The predicted octanol–water partition coefficient (Wildman–Crippen LogP) is 0.446. The predicted molar refractivity (Wildman–Crippen MR) is 40.0 cm³/mol. The molecule has 1 heterocycles. The topological polar surface area (TPSA) is 66.5 Å². The van der Waals surface area contributed by atoms with Gasteiger partial charge < -0.3 is 15.9 Å². The number of aliphatic hydroxyl groups is 1. The molecule has 0 amide bonds. The summed E-state index contributed by atoms with van der Waals surface area (Å²) >= 11 is 1.35. The smallest absolute Gasteiger partial charge is 0.126 e. The minimum atomic E-state index is -0.356. The van der Waals surface area contributed by atoms with E-state index in [4.69, 9.17) is 15.9 Å². The molecule has 0 fully saturated rings. The molecule has 0 aromatic carbocycles. The highest BCUT2D eigenvalue weighted by molar-refractivity contribution is 7.10. The van der Waals surface area contributed by atoms with Crippen molar-refractivity contribution in [2.24, 2.45) is 5.73 Å². The summed E-state index contributed by atoms with van der Waals surface area (Å²) in [6.07, 6.45) is 0. The van der Waals surface area contributed by atoms with Crippen molar-refractivity contribution in [3.8, 4) is 5.75 Å². The van der Waals surface area contributed by atoms with Gasteiger partial charge in [0.2, 0.25) is 0 Å². The summed E-state index contributed by atoms with van der Waals surface area (Å²) in [4.78, 5) is 0.806. The molecular weight excluding hydrogens is 150 g/mol. The normalized spacial score (nSPS) is 13.4. The van der Waals surface area contributed by atoms with E-state index in [1.54, 1.807) is 11.4 Å². The minimum Gasteiger partial charge on any atom is -0.507 e. The SMILES string of the molecule is N[C@H](CO)c1cc(O)cs1. The van der Waals surface area contributed by atoms with Crippen molar-refractivity contribution in [3.05, 3.63) is 16.3 Å². The first-order valence-corrected chi connectivity index (χ1v) is 3.76. The molecule has 0 unspecified atom stereocenters. The van der Waals surface area contributed by atoms with Crippen molar-refractivity contribution in [2.75, 3.05) is 6.61 Å². The van der Waals surface area contributed by atoms with E-state index < -0.39 is 0 Å². The lowest BCUT2D eigenvalue weighted by molar-refractivity contribution is 0.269. The van der Waals surface area contributed by atoms with Gasteiger partial charge in [0.15, 0.2) is 0 Å². The first-order valence-electron chi connectivity index (χ1n) is 2.88. The van der Waals surface area contributed by atoms with Gasteiger partial charge >= 0.3 is 0 Å². The number of thiophene rings is 1. The Bertz CT molecular complexity index is 211. The molecule has 0 radical (unpaired) electrons. The van der Waals surface area contributed by atoms with E-state index in [9.17, 15) is 0 Å². The highest BCUT2D eigenvalue weighted by Crippen LogP contribution is 2.23. The Labute approximate surface area is 62.7 Å². The molecule has 10 heavy (non-hydrogen) atoms. The number of rotatable bonds is 2. The highest BCUT2D eigenvalue weighted by Gasteiger charge is 2.06. The maximum Gasteiger partial charge on any atom is 0.126 e. The Morgan fingerprint density at radius 1 is 1.70 bits per heavy atom. The molecular formula is C6H9NO2S. The summed E-state index contributed by atoms with van der Waals surface area (Å²) in [5.74, 6) is 0.212. The molecule has 0 saturated carbocycles. The third-order valence-electron chi connectivity index (χ3n) is 1.17. The zero-order valence-electron chi connectivity index (χ0n) is 5.32. The van der Waals surface area contributed by atoms with Crippen LogP contribution in [-0.2, 0) is 0 Å². The first-order chi connectivity index (χ1) is 4.74. The van der Waals surface area contributed by atoms with Gasteiger partial charge in [-0.3, -0.25) is 0 Å². The van der Waals surface area contributed by atoms with E-state index in [-0.39, 0.29) is 18.4 Å². The number of aliphatic hydroxyl groups excluding tert-OH is 1.